The van der Waals surface area contributed by atoms with Gasteiger partial charge in [0.05, 0.1) is 22.9 Å². The molecule has 9 heteroatoms. The summed E-state index contributed by atoms with van der Waals surface area (Å²) in [5.74, 6) is -1.12. The number of amides is 1. The first-order chi connectivity index (χ1) is 11.9. The number of nitrogens with zero attached hydrogens (tertiary/aromatic N) is 2. The van der Waals surface area contributed by atoms with Crippen LogP contribution in [0.5, 0.6) is 0 Å². The summed E-state index contributed by atoms with van der Waals surface area (Å²) in [5, 5.41) is 12.5. The molecule has 1 amide bonds. The summed E-state index contributed by atoms with van der Waals surface area (Å²) >= 11 is 0. The van der Waals surface area contributed by atoms with Crippen molar-refractivity contribution >= 4 is 21.6 Å². The maximum absolute atomic E-state index is 13.0. The Labute approximate surface area is 144 Å². The molecule has 1 aliphatic heterocycles. The molecule has 2 heterocycles. The van der Waals surface area contributed by atoms with Gasteiger partial charge in [0, 0.05) is 19.2 Å². The third-order valence-electron chi connectivity index (χ3n) is 3.89. The number of anilines is 1. The second kappa shape index (κ2) is 6.87. The normalized spacial score (nSPS) is 21.2. The van der Waals surface area contributed by atoms with E-state index in [9.17, 15) is 22.7 Å². The molecular weight excluding hydrogens is 349 g/mol. The van der Waals surface area contributed by atoms with E-state index in [2.05, 4.69) is 10.3 Å². The van der Waals surface area contributed by atoms with Crippen LogP contribution in [0.3, 0.4) is 0 Å². The van der Waals surface area contributed by atoms with Crippen molar-refractivity contribution in [1.29, 1.82) is 0 Å². The number of sulfonamides is 1. The molecule has 132 valence electrons. The summed E-state index contributed by atoms with van der Waals surface area (Å²) in [7, 11) is -4.04. The van der Waals surface area contributed by atoms with E-state index < -0.39 is 33.9 Å². The van der Waals surface area contributed by atoms with Gasteiger partial charge in [-0.1, -0.05) is 0 Å². The van der Waals surface area contributed by atoms with Gasteiger partial charge >= 0.3 is 0 Å². The number of halogens is 1. The van der Waals surface area contributed by atoms with Crippen molar-refractivity contribution in [3.05, 3.63) is 54.6 Å². The van der Waals surface area contributed by atoms with Crippen LogP contribution < -0.4 is 5.32 Å². The largest absolute Gasteiger partial charge is 0.392 e. The van der Waals surface area contributed by atoms with Crippen LogP contribution in [0.1, 0.15) is 6.42 Å². The van der Waals surface area contributed by atoms with Gasteiger partial charge in [0.25, 0.3) is 0 Å². The first-order valence-corrected chi connectivity index (χ1v) is 8.98. The van der Waals surface area contributed by atoms with E-state index in [1.165, 1.54) is 6.20 Å². The van der Waals surface area contributed by atoms with Crippen molar-refractivity contribution in [2.45, 2.75) is 23.5 Å². The molecule has 2 aromatic rings. The van der Waals surface area contributed by atoms with Gasteiger partial charge in [-0.3, -0.25) is 9.78 Å². The van der Waals surface area contributed by atoms with Crippen molar-refractivity contribution in [3.63, 3.8) is 0 Å². The first-order valence-electron chi connectivity index (χ1n) is 7.54. The van der Waals surface area contributed by atoms with Crippen LogP contribution in [-0.2, 0) is 14.8 Å². The third-order valence-corrected chi connectivity index (χ3v) is 5.77. The SMILES string of the molecule is O=C(Nc1cccnc1)[C@H]1C[C@@H](O)CN1S(=O)(=O)c1ccc(F)cc1. The van der Waals surface area contributed by atoms with Crippen LogP contribution in [-0.4, -0.2) is 47.4 Å². The van der Waals surface area contributed by atoms with Gasteiger partial charge in [0.2, 0.25) is 15.9 Å². The Balaban J connectivity index is 1.86. The molecule has 7 nitrogen and oxygen atoms in total. The fourth-order valence-electron chi connectivity index (χ4n) is 2.69. The Bertz CT molecular complexity index is 859. The summed E-state index contributed by atoms with van der Waals surface area (Å²) in [6.07, 6.45) is 1.99. The van der Waals surface area contributed by atoms with Crippen molar-refractivity contribution in [2.24, 2.45) is 0 Å². The highest BCUT2D eigenvalue weighted by molar-refractivity contribution is 7.89. The lowest BCUT2D eigenvalue weighted by Crippen LogP contribution is -2.43. The average molecular weight is 365 g/mol. The van der Waals surface area contributed by atoms with E-state index in [1.54, 1.807) is 18.3 Å². The summed E-state index contributed by atoms with van der Waals surface area (Å²) < 4.78 is 39.5. The molecule has 0 bridgehead atoms. The van der Waals surface area contributed by atoms with Crippen molar-refractivity contribution in [1.82, 2.24) is 9.29 Å². The van der Waals surface area contributed by atoms with Crippen LogP contribution in [0.2, 0.25) is 0 Å². The van der Waals surface area contributed by atoms with E-state index in [0.29, 0.717) is 5.69 Å². The molecule has 25 heavy (non-hydrogen) atoms. The van der Waals surface area contributed by atoms with Crippen LogP contribution in [0.4, 0.5) is 10.1 Å². The molecule has 0 spiro atoms. The highest BCUT2D eigenvalue weighted by Gasteiger charge is 2.43. The Morgan fingerprint density at radius 1 is 1.28 bits per heavy atom. The summed E-state index contributed by atoms with van der Waals surface area (Å²) in [4.78, 5) is 16.2. The smallest absolute Gasteiger partial charge is 0.243 e. The fraction of sp³-hybridized carbons (Fsp3) is 0.250. The van der Waals surface area contributed by atoms with Gasteiger partial charge in [0.15, 0.2) is 0 Å². The van der Waals surface area contributed by atoms with Crippen molar-refractivity contribution in [2.75, 3.05) is 11.9 Å². The number of pyridine rings is 1. The molecule has 1 aromatic heterocycles. The summed E-state index contributed by atoms with van der Waals surface area (Å²) in [5.41, 5.74) is 0.424. The van der Waals surface area contributed by atoms with Crippen LogP contribution in [0.25, 0.3) is 0 Å². The first kappa shape index (κ1) is 17.5. The molecule has 0 aliphatic carbocycles. The predicted molar refractivity (Wildman–Crippen MR) is 87.6 cm³/mol. The Hall–Kier alpha value is -2.36. The highest BCUT2D eigenvalue weighted by Crippen LogP contribution is 2.27. The molecule has 1 aliphatic rings. The van der Waals surface area contributed by atoms with Gasteiger partial charge in [-0.15, -0.1) is 0 Å². The number of carbonyl (C=O) groups excluding carboxylic acids is 1. The number of β-amino-alcohol motifs (C(OH)–C–C–N with tert-alkyl or cyclic N) is 1. The minimum Gasteiger partial charge on any atom is -0.392 e. The fourth-order valence-corrected chi connectivity index (χ4v) is 4.33. The molecule has 2 atom stereocenters. The number of hydrogen-bond donors (Lipinski definition) is 2. The molecule has 2 N–H and O–H groups in total. The summed E-state index contributed by atoms with van der Waals surface area (Å²) in [6, 6.07) is 6.51. The molecule has 0 saturated carbocycles. The van der Waals surface area contributed by atoms with Gasteiger partial charge in [-0.2, -0.15) is 4.31 Å². The number of benzene rings is 1. The molecule has 1 saturated heterocycles. The summed E-state index contributed by atoms with van der Waals surface area (Å²) in [6.45, 7) is -0.204. The molecule has 0 radical (unpaired) electrons. The van der Waals surface area contributed by atoms with E-state index >= 15 is 0 Å². The number of nitrogens with one attached hydrogen (secondary N) is 1. The number of carbonyl (C=O) groups is 1. The van der Waals surface area contributed by atoms with Crippen molar-refractivity contribution < 1.29 is 22.7 Å². The number of aromatic nitrogens is 1. The monoisotopic (exact) mass is 365 g/mol. The number of aliphatic hydroxyl groups excluding tert-OH is 1. The number of rotatable bonds is 4. The molecule has 1 fully saturated rings. The molecule has 1 aromatic carbocycles. The van der Waals surface area contributed by atoms with E-state index in [1.807, 2.05) is 0 Å². The second-order valence-electron chi connectivity index (χ2n) is 5.66. The zero-order valence-electron chi connectivity index (χ0n) is 13.0. The van der Waals surface area contributed by atoms with Crippen LogP contribution >= 0.6 is 0 Å². The van der Waals surface area contributed by atoms with E-state index in [0.717, 1.165) is 28.6 Å². The Kier molecular flexibility index (Phi) is 4.80. The van der Waals surface area contributed by atoms with Gasteiger partial charge < -0.3 is 10.4 Å². The predicted octanol–water partition coefficient (Wildman–Crippen LogP) is 0.983. The quantitative estimate of drug-likeness (QED) is 0.842. The highest BCUT2D eigenvalue weighted by atomic mass is 32.2. The number of hydrogen-bond acceptors (Lipinski definition) is 5. The van der Waals surface area contributed by atoms with E-state index in [-0.39, 0.29) is 17.9 Å². The molecule has 3 rings (SSSR count). The minimum atomic E-state index is -4.04. The van der Waals surface area contributed by atoms with Crippen LogP contribution in [0.15, 0.2) is 53.7 Å². The van der Waals surface area contributed by atoms with Crippen molar-refractivity contribution in [3.8, 4) is 0 Å². The zero-order valence-corrected chi connectivity index (χ0v) is 13.9. The van der Waals surface area contributed by atoms with Gasteiger partial charge in [-0.05, 0) is 36.4 Å². The van der Waals surface area contributed by atoms with Gasteiger partial charge in [-0.25, -0.2) is 12.8 Å². The molecule has 0 unspecified atom stereocenters. The van der Waals surface area contributed by atoms with Crippen LogP contribution in [0, 0.1) is 5.82 Å². The van der Waals surface area contributed by atoms with E-state index in [4.69, 9.17) is 0 Å². The standard InChI is InChI=1S/C16H16FN3O4S/c17-11-3-5-14(6-4-11)25(23,24)20-10-13(21)8-15(20)16(22)19-12-2-1-7-18-9-12/h1-7,9,13,15,21H,8,10H2,(H,19,22)/t13-,15-/m1/s1. The Morgan fingerprint density at radius 2 is 2.00 bits per heavy atom. The Morgan fingerprint density at radius 3 is 2.64 bits per heavy atom. The topological polar surface area (TPSA) is 99.6 Å². The maximum atomic E-state index is 13.0. The van der Waals surface area contributed by atoms with Gasteiger partial charge in [0.1, 0.15) is 11.9 Å². The third kappa shape index (κ3) is 3.68. The zero-order chi connectivity index (χ0) is 18.0. The minimum absolute atomic E-state index is 0.0213. The second-order valence-corrected chi connectivity index (χ2v) is 7.56. The lowest BCUT2D eigenvalue weighted by atomic mass is 10.2. The average Bonchev–Trinajstić information content (AvgIpc) is 2.99. The lowest BCUT2D eigenvalue weighted by molar-refractivity contribution is -0.119. The number of aliphatic hydroxyl groups is 1. The maximum Gasteiger partial charge on any atom is 0.243 e. The molecular formula is C16H16FN3O4S. The lowest BCUT2D eigenvalue weighted by Gasteiger charge is -2.23.